The van der Waals surface area contributed by atoms with Crippen LogP contribution in [0.1, 0.15) is 26.7 Å². The summed E-state index contributed by atoms with van der Waals surface area (Å²) in [4.78, 5) is 4.22. The molecule has 1 aromatic rings. The Labute approximate surface area is 120 Å². The van der Waals surface area contributed by atoms with E-state index in [-0.39, 0.29) is 12.2 Å². The van der Waals surface area contributed by atoms with E-state index in [1.165, 1.54) is 0 Å². The van der Waals surface area contributed by atoms with Crippen LogP contribution in [0.5, 0.6) is 11.6 Å². The second-order valence-electron chi connectivity index (χ2n) is 4.80. The van der Waals surface area contributed by atoms with E-state index in [2.05, 4.69) is 17.2 Å². The predicted molar refractivity (Wildman–Crippen MR) is 77.3 cm³/mol. The third kappa shape index (κ3) is 4.08. The number of aromatic nitrogens is 1. The molecule has 112 valence electrons. The summed E-state index contributed by atoms with van der Waals surface area (Å²) >= 11 is 0. The van der Waals surface area contributed by atoms with Crippen molar-refractivity contribution in [3.63, 3.8) is 0 Å². The Morgan fingerprint density at radius 1 is 1.50 bits per heavy atom. The molecule has 1 aliphatic heterocycles. The minimum atomic E-state index is 0.0243. The van der Waals surface area contributed by atoms with Gasteiger partial charge in [-0.05, 0) is 25.5 Å². The lowest BCUT2D eigenvalue weighted by Gasteiger charge is -2.31. The maximum absolute atomic E-state index is 6.13. The Morgan fingerprint density at radius 3 is 3.10 bits per heavy atom. The highest BCUT2D eigenvalue weighted by Gasteiger charge is 2.26. The molecule has 1 saturated heterocycles. The van der Waals surface area contributed by atoms with Crippen molar-refractivity contribution < 1.29 is 14.2 Å². The summed E-state index contributed by atoms with van der Waals surface area (Å²) in [7, 11) is 0. The molecule has 1 N–H and O–H groups in total. The van der Waals surface area contributed by atoms with Gasteiger partial charge in [-0.15, -0.1) is 0 Å². The van der Waals surface area contributed by atoms with E-state index in [9.17, 15) is 0 Å². The zero-order chi connectivity index (χ0) is 14.2. The second kappa shape index (κ2) is 8.07. The number of nitrogens with zero attached hydrogens (tertiary/aromatic N) is 1. The van der Waals surface area contributed by atoms with Gasteiger partial charge >= 0.3 is 0 Å². The largest absolute Gasteiger partial charge is 0.482 e. The van der Waals surface area contributed by atoms with Gasteiger partial charge in [0, 0.05) is 19.3 Å². The van der Waals surface area contributed by atoms with Crippen LogP contribution >= 0.6 is 0 Å². The Balaban J connectivity index is 2.06. The van der Waals surface area contributed by atoms with Crippen molar-refractivity contribution >= 4 is 0 Å². The summed E-state index contributed by atoms with van der Waals surface area (Å²) in [5, 5.41) is 3.35. The van der Waals surface area contributed by atoms with Crippen molar-refractivity contribution in [3.05, 3.63) is 18.3 Å². The molecule has 0 aromatic carbocycles. The number of ether oxygens (including phenoxy) is 3. The molecule has 0 amide bonds. The first-order chi connectivity index (χ1) is 9.85. The molecule has 2 heterocycles. The monoisotopic (exact) mass is 280 g/mol. The first-order valence-electron chi connectivity index (χ1n) is 7.42. The first kappa shape index (κ1) is 15.1. The molecule has 0 aliphatic carbocycles. The van der Waals surface area contributed by atoms with Gasteiger partial charge in [0.1, 0.15) is 12.2 Å². The lowest BCUT2D eigenvalue weighted by Crippen LogP contribution is -2.47. The predicted octanol–water partition coefficient (Wildman–Crippen LogP) is 2.02. The highest BCUT2D eigenvalue weighted by Crippen LogP contribution is 2.27. The number of hydrogen-bond acceptors (Lipinski definition) is 5. The van der Waals surface area contributed by atoms with E-state index >= 15 is 0 Å². The molecule has 1 aliphatic rings. The van der Waals surface area contributed by atoms with Gasteiger partial charge in [-0.25, -0.2) is 4.98 Å². The zero-order valence-corrected chi connectivity index (χ0v) is 12.3. The van der Waals surface area contributed by atoms with Gasteiger partial charge in [-0.1, -0.05) is 13.3 Å². The average Bonchev–Trinajstić information content (AvgIpc) is 2.50. The fourth-order valence-electron chi connectivity index (χ4n) is 2.30. The van der Waals surface area contributed by atoms with Crippen molar-refractivity contribution in [1.29, 1.82) is 0 Å². The maximum atomic E-state index is 6.13. The van der Waals surface area contributed by atoms with Gasteiger partial charge in [0.2, 0.25) is 0 Å². The van der Waals surface area contributed by atoms with Gasteiger partial charge in [-0.2, -0.15) is 0 Å². The SMILES string of the molecule is CCC[C@H](Oc1cccnc1OCC)[C@@H]1CNCCO1. The summed E-state index contributed by atoms with van der Waals surface area (Å²) in [5.41, 5.74) is 0. The molecule has 1 aromatic heterocycles. The van der Waals surface area contributed by atoms with Gasteiger partial charge < -0.3 is 19.5 Å². The molecule has 0 saturated carbocycles. The summed E-state index contributed by atoms with van der Waals surface area (Å²) in [5.74, 6) is 1.25. The normalized spacial score (nSPS) is 20.4. The van der Waals surface area contributed by atoms with E-state index in [0.717, 1.165) is 32.5 Å². The lowest BCUT2D eigenvalue weighted by atomic mass is 10.1. The van der Waals surface area contributed by atoms with Crippen LogP contribution in [-0.2, 0) is 4.74 Å². The summed E-state index contributed by atoms with van der Waals surface area (Å²) < 4.78 is 17.5. The molecule has 20 heavy (non-hydrogen) atoms. The van der Waals surface area contributed by atoms with Crippen LogP contribution < -0.4 is 14.8 Å². The third-order valence-electron chi connectivity index (χ3n) is 3.24. The smallest absolute Gasteiger partial charge is 0.256 e. The molecule has 5 nitrogen and oxygen atoms in total. The topological polar surface area (TPSA) is 52.6 Å². The van der Waals surface area contributed by atoms with Gasteiger partial charge in [0.05, 0.1) is 13.2 Å². The third-order valence-corrected chi connectivity index (χ3v) is 3.24. The summed E-state index contributed by atoms with van der Waals surface area (Å²) in [6.45, 7) is 7.14. The molecule has 0 spiro atoms. The van der Waals surface area contributed by atoms with E-state index in [0.29, 0.717) is 18.2 Å². The summed E-state index contributed by atoms with van der Waals surface area (Å²) in [6, 6.07) is 3.76. The van der Waals surface area contributed by atoms with E-state index in [1.807, 2.05) is 19.1 Å². The van der Waals surface area contributed by atoms with Gasteiger partial charge in [-0.3, -0.25) is 0 Å². The van der Waals surface area contributed by atoms with Crippen LogP contribution in [0.15, 0.2) is 18.3 Å². The fraction of sp³-hybridized carbons (Fsp3) is 0.667. The quantitative estimate of drug-likeness (QED) is 0.828. The molecule has 0 radical (unpaired) electrons. The van der Waals surface area contributed by atoms with Crippen molar-refractivity contribution in [2.45, 2.75) is 38.9 Å². The minimum absolute atomic E-state index is 0.0243. The molecular weight excluding hydrogens is 256 g/mol. The van der Waals surface area contributed by atoms with Crippen molar-refractivity contribution in [2.75, 3.05) is 26.3 Å². The highest BCUT2D eigenvalue weighted by molar-refractivity contribution is 5.32. The van der Waals surface area contributed by atoms with Crippen LogP contribution in [0, 0.1) is 0 Å². The number of rotatable bonds is 7. The van der Waals surface area contributed by atoms with Gasteiger partial charge in [0.15, 0.2) is 5.75 Å². The molecule has 0 unspecified atom stereocenters. The second-order valence-corrected chi connectivity index (χ2v) is 4.80. The van der Waals surface area contributed by atoms with Crippen LogP contribution in [0.4, 0.5) is 0 Å². The molecule has 0 bridgehead atoms. The Kier molecular flexibility index (Phi) is 6.08. The van der Waals surface area contributed by atoms with Crippen molar-refractivity contribution in [3.8, 4) is 11.6 Å². The number of pyridine rings is 1. The summed E-state index contributed by atoms with van der Waals surface area (Å²) in [6.07, 6.45) is 3.82. The van der Waals surface area contributed by atoms with Crippen LogP contribution in [-0.4, -0.2) is 43.5 Å². The average molecular weight is 280 g/mol. The highest BCUT2D eigenvalue weighted by atomic mass is 16.6. The number of morpholine rings is 1. The lowest BCUT2D eigenvalue weighted by molar-refractivity contribution is -0.0454. The molecule has 2 atom stereocenters. The zero-order valence-electron chi connectivity index (χ0n) is 12.3. The van der Waals surface area contributed by atoms with Crippen LogP contribution in [0.2, 0.25) is 0 Å². The molecule has 1 fully saturated rings. The van der Waals surface area contributed by atoms with Gasteiger partial charge in [0.25, 0.3) is 5.88 Å². The fourth-order valence-corrected chi connectivity index (χ4v) is 2.30. The molecule has 5 heteroatoms. The standard InChI is InChI=1S/C15H24N2O3/c1-3-6-12(14-11-16-9-10-19-14)20-13-7-5-8-17-15(13)18-4-2/h5,7-8,12,14,16H,3-4,6,9-11H2,1-2H3/t12-,14-/m0/s1. The van der Waals surface area contributed by atoms with E-state index in [4.69, 9.17) is 14.2 Å². The Morgan fingerprint density at radius 2 is 2.40 bits per heavy atom. The molecular formula is C15H24N2O3. The number of hydrogen-bond donors (Lipinski definition) is 1. The Bertz CT molecular complexity index is 394. The number of nitrogens with one attached hydrogen (secondary N) is 1. The molecule has 2 rings (SSSR count). The van der Waals surface area contributed by atoms with Crippen molar-refractivity contribution in [2.24, 2.45) is 0 Å². The van der Waals surface area contributed by atoms with Crippen molar-refractivity contribution in [1.82, 2.24) is 10.3 Å². The minimum Gasteiger partial charge on any atom is -0.482 e. The van der Waals surface area contributed by atoms with Crippen LogP contribution in [0.25, 0.3) is 0 Å². The van der Waals surface area contributed by atoms with E-state index in [1.54, 1.807) is 6.20 Å². The van der Waals surface area contributed by atoms with Crippen LogP contribution in [0.3, 0.4) is 0 Å². The Hall–Kier alpha value is -1.33. The van der Waals surface area contributed by atoms with E-state index < -0.39 is 0 Å². The first-order valence-corrected chi connectivity index (χ1v) is 7.42. The maximum Gasteiger partial charge on any atom is 0.256 e.